The van der Waals surface area contributed by atoms with Gasteiger partial charge in [0.15, 0.2) is 0 Å². The summed E-state index contributed by atoms with van der Waals surface area (Å²) < 4.78 is 4.59. The number of carbonyl (C=O) groups excluding carboxylic acids is 2. The van der Waals surface area contributed by atoms with Crippen LogP contribution in [0.4, 0.5) is 0 Å². The fourth-order valence-electron chi connectivity index (χ4n) is 4.44. The molecule has 1 saturated heterocycles. The van der Waals surface area contributed by atoms with Gasteiger partial charge in [0, 0.05) is 0 Å². The molecule has 1 heterocycles. The number of esters is 2. The molecule has 1 rings (SSSR count). The van der Waals surface area contributed by atoms with E-state index in [2.05, 4.69) is 23.8 Å². The number of carbonyl (C=O) groups is 2. The minimum absolute atomic E-state index is 0.163. The highest BCUT2D eigenvalue weighted by molar-refractivity contribution is 5.94. The Morgan fingerprint density at radius 3 is 1.48 bits per heavy atom. The molecule has 31 heavy (non-hydrogen) atoms. The lowest BCUT2D eigenvalue weighted by Gasteiger charge is -2.04. The van der Waals surface area contributed by atoms with Crippen molar-refractivity contribution in [1.29, 1.82) is 0 Å². The van der Waals surface area contributed by atoms with Crippen LogP contribution in [0.25, 0.3) is 0 Å². The van der Waals surface area contributed by atoms with Gasteiger partial charge in [-0.1, -0.05) is 122 Å². The highest BCUT2D eigenvalue weighted by atomic mass is 16.6. The van der Waals surface area contributed by atoms with Crippen molar-refractivity contribution in [3.05, 3.63) is 12.2 Å². The van der Waals surface area contributed by atoms with Crippen molar-refractivity contribution >= 4 is 11.9 Å². The summed E-state index contributed by atoms with van der Waals surface area (Å²) in [5.74, 6) is -0.811. The number of allylic oxidation sites excluding steroid dienone is 2. The van der Waals surface area contributed by atoms with Crippen LogP contribution in [-0.2, 0) is 14.3 Å². The van der Waals surface area contributed by atoms with Crippen molar-refractivity contribution in [3.8, 4) is 0 Å². The molecule has 3 nitrogen and oxygen atoms in total. The molecule has 1 fully saturated rings. The number of hydrogen-bond acceptors (Lipinski definition) is 3. The molecule has 0 aliphatic carbocycles. The Labute approximate surface area is 192 Å². The summed E-state index contributed by atoms with van der Waals surface area (Å²) in [4.78, 5) is 22.4. The van der Waals surface area contributed by atoms with Gasteiger partial charge in [-0.05, 0) is 32.1 Å². The summed E-state index contributed by atoms with van der Waals surface area (Å²) in [6.45, 7) is 2.28. The maximum absolute atomic E-state index is 11.4. The molecule has 1 unspecified atom stereocenters. The molecule has 1 atom stereocenters. The molecule has 0 aromatic carbocycles. The van der Waals surface area contributed by atoms with Gasteiger partial charge in [0.05, 0.1) is 12.3 Å². The van der Waals surface area contributed by atoms with E-state index in [-0.39, 0.29) is 17.9 Å². The lowest BCUT2D eigenvalue weighted by molar-refractivity contribution is -0.153. The predicted molar refractivity (Wildman–Crippen MR) is 131 cm³/mol. The summed E-state index contributed by atoms with van der Waals surface area (Å²) in [5, 5.41) is 0. The maximum Gasteiger partial charge on any atom is 0.317 e. The van der Waals surface area contributed by atoms with E-state index in [4.69, 9.17) is 0 Å². The molecule has 0 aromatic rings. The first-order valence-electron chi connectivity index (χ1n) is 13.6. The van der Waals surface area contributed by atoms with E-state index in [1.807, 2.05) is 0 Å². The molecule has 0 saturated carbocycles. The molecule has 0 N–H and O–H groups in total. The second kappa shape index (κ2) is 20.8. The number of rotatable bonds is 22. The molecular weight excluding hydrogens is 384 g/mol. The van der Waals surface area contributed by atoms with Crippen LogP contribution in [0.5, 0.6) is 0 Å². The maximum atomic E-state index is 11.4. The third-order valence-corrected chi connectivity index (χ3v) is 6.53. The summed E-state index contributed by atoms with van der Waals surface area (Å²) in [7, 11) is 0. The number of unbranched alkanes of at least 4 members (excludes halogenated alkanes) is 18. The van der Waals surface area contributed by atoms with Crippen LogP contribution in [0.15, 0.2) is 12.2 Å². The van der Waals surface area contributed by atoms with Crippen molar-refractivity contribution < 1.29 is 14.3 Å². The van der Waals surface area contributed by atoms with E-state index in [1.54, 1.807) is 0 Å². The van der Waals surface area contributed by atoms with Crippen LogP contribution in [0, 0.1) is 5.92 Å². The molecule has 1 aliphatic rings. The van der Waals surface area contributed by atoms with Gasteiger partial charge in [0.1, 0.15) is 0 Å². The molecule has 0 spiro atoms. The molecule has 0 aromatic heterocycles. The number of hydrogen-bond donors (Lipinski definition) is 0. The fourth-order valence-corrected chi connectivity index (χ4v) is 4.44. The molecule has 0 bridgehead atoms. The molecule has 180 valence electrons. The molecule has 0 radical (unpaired) electrons. The Bertz CT molecular complexity index is 469. The minimum atomic E-state index is -0.345. The van der Waals surface area contributed by atoms with Crippen LogP contribution >= 0.6 is 0 Å². The largest absolute Gasteiger partial charge is 0.393 e. The summed E-state index contributed by atoms with van der Waals surface area (Å²) in [6.07, 6.45) is 32.7. The Morgan fingerprint density at radius 2 is 1.06 bits per heavy atom. The van der Waals surface area contributed by atoms with E-state index >= 15 is 0 Å². The third-order valence-electron chi connectivity index (χ3n) is 6.53. The number of ether oxygens (including phenoxy) is 1. The van der Waals surface area contributed by atoms with Crippen molar-refractivity contribution in [3.63, 3.8) is 0 Å². The molecular formula is C28H50O3. The minimum Gasteiger partial charge on any atom is -0.393 e. The van der Waals surface area contributed by atoms with Crippen LogP contribution in [0.3, 0.4) is 0 Å². The summed E-state index contributed by atoms with van der Waals surface area (Å²) >= 11 is 0. The number of cyclic esters (lactones) is 2. The van der Waals surface area contributed by atoms with E-state index < -0.39 is 0 Å². The van der Waals surface area contributed by atoms with Crippen molar-refractivity contribution in [1.82, 2.24) is 0 Å². The highest BCUT2D eigenvalue weighted by Crippen LogP contribution is 2.22. The monoisotopic (exact) mass is 434 g/mol. The third kappa shape index (κ3) is 17.2. The van der Waals surface area contributed by atoms with Crippen molar-refractivity contribution in [2.75, 3.05) is 0 Å². The average molecular weight is 435 g/mol. The molecule has 1 aliphatic heterocycles. The zero-order chi connectivity index (χ0) is 22.4. The SMILES string of the molecule is CCCCCCCCCCCCCC=CCCCCCCCCCC1CC(=O)OC1=O. The first-order chi connectivity index (χ1) is 15.2. The van der Waals surface area contributed by atoms with E-state index in [1.165, 1.54) is 116 Å². The normalized spacial score (nSPS) is 16.5. The summed E-state index contributed by atoms with van der Waals surface area (Å²) in [5.41, 5.74) is 0. The van der Waals surface area contributed by atoms with Gasteiger partial charge in [0.25, 0.3) is 0 Å². The summed E-state index contributed by atoms with van der Waals surface area (Å²) in [6, 6.07) is 0. The van der Waals surface area contributed by atoms with E-state index in [9.17, 15) is 9.59 Å². The zero-order valence-corrected chi connectivity index (χ0v) is 20.5. The van der Waals surface area contributed by atoms with Crippen LogP contribution in [-0.4, -0.2) is 11.9 Å². The second-order valence-electron chi connectivity index (χ2n) is 9.54. The Hall–Kier alpha value is -1.12. The first kappa shape index (κ1) is 27.9. The second-order valence-corrected chi connectivity index (χ2v) is 9.54. The predicted octanol–water partition coefficient (Wildman–Crippen LogP) is 8.84. The quantitative estimate of drug-likeness (QED) is 0.0739. The van der Waals surface area contributed by atoms with Gasteiger partial charge >= 0.3 is 11.9 Å². The average Bonchev–Trinajstić information content (AvgIpc) is 3.08. The first-order valence-corrected chi connectivity index (χ1v) is 13.6. The topological polar surface area (TPSA) is 43.4 Å². The van der Waals surface area contributed by atoms with Crippen molar-refractivity contribution in [2.24, 2.45) is 5.92 Å². The smallest absolute Gasteiger partial charge is 0.317 e. The van der Waals surface area contributed by atoms with Gasteiger partial charge in [-0.2, -0.15) is 0 Å². The fraction of sp³-hybridized carbons (Fsp3) is 0.857. The standard InChI is InChI=1S/C28H50O3/c1-2-3-4-5-6-7-8-9-10-11-12-13-14-15-16-17-18-19-20-21-22-23-24-26-25-27(29)31-28(26)30/h14-15,26H,2-13,16-25H2,1H3. The Morgan fingerprint density at radius 1 is 0.645 bits per heavy atom. The van der Waals surface area contributed by atoms with Gasteiger partial charge in [0.2, 0.25) is 0 Å². The lowest BCUT2D eigenvalue weighted by atomic mass is 9.99. The van der Waals surface area contributed by atoms with E-state index in [0.717, 1.165) is 19.3 Å². The van der Waals surface area contributed by atoms with Crippen molar-refractivity contribution in [2.45, 2.75) is 148 Å². The zero-order valence-electron chi connectivity index (χ0n) is 20.5. The van der Waals surface area contributed by atoms with Crippen LogP contribution in [0.1, 0.15) is 148 Å². The Kier molecular flexibility index (Phi) is 18.7. The van der Waals surface area contributed by atoms with Gasteiger partial charge in [-0.15, -0.1) is 0 Å². The van der Waals surface area contributed by atoms with Gasteiger partial charge in [-0.25, -0.2) is 0 Å². The van der Waals surface area contributed by atoms with Gasteiger partial charge in [-0.3, -0.25) is 9.59 Å². The van der Waals surface area contributed by atoms with E-state index in [0.29, 0.717) is 6.42 Å². The Balaban J connectivity index is 1.71. The highest BCUT2D eigenvalue weighted by Gasteiger charge is 2.32. The molecule has 3 heteroatoms. The molecule has 0 amide bonds. The van der Waals surface area contributed by atoms with Gasteiger partial charge < -0.3 is 4.74 Å². The van der Waals surface area contributed by atoms with Crippen LogP contribution in [0.2, 0.25) is 0 Å². The lowest BCUT2D eigenvalue weighted by Crippen LogP contribution is -2.06. The van der Waals surface area contributed by atoms with Crippen LogP contribution < -0.4 is 0 Å².